The van der Waals surface area contributed by atoms with E-state index in [0.29, 0.717) is 0 Å². The van der Waals surface area contributed by atoms with Crippen molar-refractivity contribution >= 4 is 11.8 Å². The number of aliphatic hydroxyl groups excluding tert-OH is 1. The first-order valence-corrected chi connectivity index (χ1v) is 6.08. The summed E-state index contributed by atoms with van der Waals surface area (Å²) in [6.07, 6.45) is 0.983. The quantitative estimate of drug-likeness (QED) is 0.563. The molecule has 0 heterocycles. The Kier molecular flexibility index (Phi) is 7.74. The minimum Gasteiger partial charge on any atom is -0.481 e. The summed E-state index contributed by atoms with van der Waals surface area (Å²) in [4.78, 5) is 22.2. The normalized spacial score (nSPS) is 16.2. The van der Waals surface area contributed by atoms with E-state index in [0.717, 1.165) is 12.8 Å². The van der Waals surface area contributed by atoms with Crippen LogP contribution in [0.25, 0.3) is 0 Å². The zero-order valence-corrected chi connectivity index (χ0v) is 10.8. The minimum absolute atomic E-state index is 0.0744. The molecule has 0 aromatic carbocycles. The molecule has 5 heteroatoms. The van der Waals surface area contributed by atoms with Gasteiger partial charge in [-0.25, -0.2) is 0 Å². The molecule has 0 rings (SSSR count). The van der Waals surface area contributed by atoms with Crippen molar-refractivity contribution in [3.8, 4) is 0 Å². The molecule has 0 saturated carbocycles. The molecule has 100 valence electrons. The number of aliphatic hydroxyl groups is 1. The number of rotatable bonds is 9. The molecule has 0 aromatic rings. The summed E-state index contributed by atoms with van der Waals surface area (Å²) in [5, 5.41) is 21.0. The molecule has 17 heavy (non-hydrogen) atoms. The number of Topliss-reactive ketones (excluding diaryl/α,β-unsaturated/α-hetero) is 1. The van der Waals surface area contributed by atoms with Crippen LogP contribution < -0.4 is 5.32 Å². The van der Waals surface area contributed by atoms with Gasteiger partial charge in [-0.1, -0.05) is 13.3 Å². The van der Waals surface area contributed by atoms with Gasteiger partial charge < -0.3 is 15.5 Å². The van der Waals surface area contributed by atoms with Crippen LogP contribution in [0.3, 0.4) is 0 Å². The fourth-order valence-electron chi connectivity index (χ4n) is 1.73. The molecule has 3 N–H and O–H groups in total. The van der Waals surface area contributed by atoms with Gasteiger partial charge in [-0.3, -0.25) is 9.59 Å². The lowest BCUT2D eigenvalue weighted by Gasteiger charge is -2.22. The van der Waals surface area contributed by atoms with E-state index in [1.165, 1.54) is 6.92 Å². The van der Waals surface area contributed by atoms with Gasteiger partial charge in [-0.15, -0.1) is 0 Å². The van der Waals surface area contributed by atoms with Gasteiger partial charge in [0.25, 0.3) is 0 Å². The molecule has 3 unspecified atom stereocenters. The lowest BCUT2D eigenvalue weighted by Crippen LogP contribution is -2.45. The molecule has 0 aliphatic carbocycles. The number of carboxylic acids is 1. The SMILES string of the molecule is CCCC(C)NC(CCC(=O)O)C(=O)C(C)O. The maximum Gasteiger partial charge on any atom is 0.303 e. The predicted octanol–water partition coefficient (Wildman–Crippen LogP) is 0.948. The third kappa shape index (κ3) is 7.07. The molecule has 5 nitrogen and oxygen atoms in total. The van der Waals surface area contributed by atoms with E-state index >= 15 is 0 Å². The highest BCUT2D eigenvalue weighted by atomic mass is 16.4. The molecular formula is C12H23NO4. The van der Waals surface area contributed by atoms with Crippen LogP contribution in [0.15, 0.2) is 0 Å². The second-order valence-electron chi connectivity index (χ2n) is 4.42. The first-order chi connectivity index (χ1) is 7.88. The Bertz CT molecular complexity index is 253. The predicted molar refractivity (Wildman–Crippen MR) is 64.9 cm³/mol. The fourth-order valence-corrected chi connectivity index (χ4v) is 1.73. The average molecular weight is 245 g/mol. The van der Waals surface area contributed by atoms with Gasteiger partial charge >= 0.3 is 5.97 Å². The Morgan fingerprint density at radius 3 is 2.24 bits per heavy atom. The zero-order chi connectivity index (χ0) is 13.4. The summed E-state index contributed by atoms with van der Waals surface area (Å²) in [5.41, 5.74) is 0. The van der Waals surface area contributed by atoms with E-state index < -0.39 is 18.1 Å². The van der Waals surface area contributed by atoms with E-state index in [4.69, 9.17) is 5.11 Å². The van der Waals surface area contributed by atoms with Gasteiger partial charge in [0.05, 0.1) is 6.04 Å². The molecular weight excluding hydrogens is 222 g/mol. The minimum atomic E-state index is -1.06. The van der Waals surface area contributed by atoms with Crippen molar-refractivity contribution in [1.29, 1.82) is 0 Å². The van der Waals surface area contributed by atoms with Crippen LogP contribution in [0.5, 0.6) is 0 Å². The number of hydrogen-bond acceptors (Lipinski definition) is 4. The third-order valence-corrected chi connectivity index (χ3v) is 2.61. The zero-order valence-electron chi connectivity index (χ0n) is 10.8. The Morgan fingerprint density at radius 2 is 1.82 bits per heavy atom. The Hall–Kier alpha value is -0.940. The van der Waals surface area contributed by atoms with Gasteiger partial charge in [0.2, 0.25) is 0 Å². The van der Waals surface area contributed by atoms with E-state index in [1.54, 1.807) is 0 Å². The molecule has 0 aliphatic heterocycles. The van der Waals surface area contributed by atoms with Crippen molar-refractivity contribution < 1.29 is 19.8 Å². The van der Waals surface area contributed by atoms with Gasteiger partial charge in [0.15, 0.2) is 5.78 Å². The van der Waals surface area contributed by atoms with E-state index in [2.05, 4.69) is 5.32 Å². The Balaban J connectivity index is 4.39. The molecule has 3 atom stereocenters. The second-order valence-corrected chi connectivity index (χ2v) is 4.42. The monoisotopic (exact) mass is 245 g/mol. The van der Waals surface area contributed by atoms with Crippen molar-refractivity contribution in [2.75, 3.05) is 0 Å². The largest absolute Gasteiger partial charge is 0.481 e. The summed E-state index contributed by atoms with van der Waals surface area (Å²) in [6.45, 7) is 5.40. The lowest BCUT2D eigenvalue weighted by atomic mass is 10.0. The molecule has 0 fully saturated rings. The highest BCUT2D eigenvalue weighted by molar-refractivity contribution is 5.88. The van der Waals surface area contributed by atoms with Crippen molar-refractivity contribution in [3.63, 3.8) is 0 Å². The second kappa shape index (κ2) is 8.20. The van der Waals surface area contributed by atoms with Crippen LogP contribution in [0.4, 0.5) is 0 Å². The molecule has 0 spiro atoms. The van der Waals surface area contributed by atoms with Crippen molar-refractivity contribution in [1.82, 2.24) is 5.32 Å². The van der Waals surface area contributed by atoms with Gasteiger partial charge in [0, 0.05) is 12.5 Å². The summed E-state index contributed by atoms with van der Waals surface area (Å²) < 4.78 is 0. The summed E-state index contributed by atoms with van der Waals surface area (Å²) in [6, 6.07) is -0.436. The Labute approximate surface area is 102 Å². The van der Waals surface area contributed by atoms with Crippen LogP contribution in [0.2, 0.25) is 0 Å². The topological polar surface area (TPSA) is 86.6 Å². The highest BCUT2D eigenvalue weighted by Gasteiger charge is 2.24. The summed E-state index contributed by atoms with van der Waals surface area (Å²) >= 11 is 0. The van der Waals surface area contributed by atoms with Gasteiger partial charge in [-0.2, -0.15) is 0 Å². The Morgan fingerprint density at radius 1 is 1.24 bits per heavy atom. The number of carbonyl (C=O) groups excluding carboxylic acids is 1. The number of carbonyl (C=O) groups is 2. The van der Waals surface area contributed by atoms with Crippen LogP contribution in [0.1, 0.15) is 46.5 Å². The van der Waals surface area contributed by atoms with Crippen molar-refractivity contribution in [2.24, 2.45) is 0 Å². The van der Waals surface area contributed by atoms with Gasteiger partial charge in [0.1, 0.15) is 6.10 Å². The fraction of sp³-hybridized carbons (Fsp3) is 0.833. The molecule has 0 aromatic heterocycles. The number of hydrogen-bond donors (Lipinski definition) is 3. The molecule has 0 amide bonds. The first-order valence-electron chi connectivity index (χ1n) is 6.08. The van der Waals surface area contributed by atoms with Crippen LogP contribution in [0, 0.1) is 0 Å². The van der Waals surface area contributed by atoms with E-state index in [-0.39, 0.29) is 24.7 Å². The van der Waals surface area contributed by atoms with Gasteiger partial charge in [-0.05, 0) is 26.7 Å². The smallest absolute Gasteiger partial charge is 0.303 e. The molecule has 0 aliphatic rings. The number of nitrogens with one attached hydrogen (secondary N) is 1. The molecule has 0 saturated heterocycles. The van der Waals surface area contributed by atoms with Crippen LogP contribution in [-0.2, 0) is 9.59 Å². The number of aliphatic carboxylic acids is 1. The number of ketones is 1. The lowest BCUT2D eigenvalue weighted by molar-refractivity contribution is -0.137. The van der Waals surface area contributed by atoms with Crippen molar-refractivity contribution in [3.05, 3.63) is 0 Å². The van der Waals surface area contributed by atoms with E-state index in [1.807, 2.05) is 13.8 Å². The van der Waals surface area contributed by atoms with Crippen molar-refractivity contribution in [2.45, 2.75) is 64.6 Å². The van der Waals surface area contributed by atoms with E-state index in [9.17, 15) is 14.7 Å². The van der Waals surface area contributed by atoms with Crippen LogP contribution in [-0.4, -0.2) is 40.2 Å². The maximum absolute atomic E-state index is 11.7. The number of carboxylic acid groups (broad SMARTS) is 1. The molecule has 0 radical (unpaired) electrons. The summed E-state index contributed by atoms with van der Waals surface area (Å²) in [7, 11) is 0. The van der Waals surface area contributed by atoms with Crippen LogP contribution >= 0.6 is 0 Å². The first kappa shape index (κ1) is 16.1. The summed E-state index contributed by atoms with van der Waals surface area (Å²) in [5.74, 6) is -1.27. The molecule has 0 bridgehead atoms. The standard InChI is InChI=1S/C12H23NO4/c1-4-5-8(2)13-10(6-7-11(15)16)12(17)9(3)14/h8-10,13-14H,4-7H2,1-3H3,(H,15,16). The highest BCUT2D eigenvalue weighted by Crippen LogP contribution is 2.06. The third-order valence-electron chi connectivity index (χ3n) is 2.61. The average Bonchev–Trinajstić information content (AvgIpc) is 2.23. The maximum atomic E-state index is 11.7.